The van der Waals surface area contributed by atoms with E-state index in [0.29, 0.717) is 0 Å². The molecule has 13 heavy (non-hydrogen) atoms. The van der Waals surface area contributed by atoms with Gasteiger partial charge in [0.2, 0.25) is 0 Å². The summed E-state index contributed by atoms with van der Waals surface area (Å²) in [6, 6.07) is 0. The van der Waals surface area contributed by atoms with Gasteiger partial charge in [-0.25, -0.2) is 0 Å². The first-order chi connectivity index (χ1) is 6.24. The monoisotopic (exact) mass is 185 g/mol. The van der Waals surface area contributed by atoms with Gasteiger partial charge in [0, 0.05) is 19.7 Å². The van der Waals surface area contributed by atoms with E-state index >= 15 is 0 Å². The second-order valence-corrected chi connectivity index (χ2v) is 4.29. The SMILES string of the molecule is CCOCCN1CCC(C(C)C)C1. The highest BCUT2D eigenvalue weighted by Gasteiger charge is 2.23. The summed E-state index contributed by atoms with van der Waals surface area (Å²) in [6.45, 7) is 12.1. The average Bonchev–Trinajstić information content (AvgIpc) is 2.53. The molecular formula is C11H23NO. The summed E-state index contributed by atoms with van der Waals surface area (Å²) < 4.78 is 5.35. The molecule has 1 unspecified atom stereocenters. The van der Waals surface area contributed by atoms with Crippen molar-refractivity contribution >= 4 is 0 Å². The Morgan fingerprint density at radius 3 is 2.77 bits per heavy atom. The van der Waals surface area contributed by atoms with Crippen LogP contribution in [0.1, 0.15) is 27.2 Å². The Balaban J connectivity index is 2.10. The summed E-state index contributed by atoms with van der Waals surface area (Å²) in [4.78, 5) is 2.53. The fourth-order valence-corrected chi connectivity index (χ4v) is 1.95. The lowest BCUT2D eigenvalue weighted by atomic mass is 9.95. The first-order valence-corrected chi connectivity index (χ1v) is 5.54. The summed E-state index contributed by atoms with van der Waals surface area (Å²) in [7, 11) is 0. The molecule has 1 rings (SSSR count). The highest BCUT2D eigenvalue weighted by Crippen LogP contribution is 2.22. The first kappa shape index (κ1) is 11.0. The summed E-state index contributed by atoms with van der Waals surface area (Å²) >= 11 is 0. The molecule has 0 spiro atoms. The van der Waals surface area contributed by atoms with Gasteiger partial charge in [-0.15, -0.1) is 0 Å². The summed E-state index contributed by atoms with van der Waals surface area (Å²) in [5.41, 5.74) is 0. The molecule has 1 aliphatic heterocycles. The van der Waals surface area contributed by atoms with E-state index in [-0.39, 0.29) is 0 Å². The third kappa shape index (κ3) is 3.65. The summed E-state index contributed by atoms with van der Waals surface area (Å²) in [5.74, 6) is 1.76. The van der Waals surface area contributed by atoms with Crippen molar-refractivity contribution in [1.29, 1.82) is 0 Å². The second kappa shape index (κ2) is 5.61. The van der Waals surface area contributed by atoms with Crippen molar-refractivity contribution in [2.75, 3.05) is 32.8 Å². The van der Waals surface area contributed by atoms with Gasteiger partial charge in [-0.2, -0.15) is 0 Å². The molecule has 0 radical (unpaired) electrons. The Bertz CT molecular complexity index is 136. The number of nitrogens with zero attached hydrogens (tertiary/aromatic N) is 1. The van der Waals surface area contributed by atoms with Gasteiger partial charge in [-0.1, -0.05) is 13.8 Å². The molecule has 0 bridgehead atoms. The van der Waals surface area contributed by atoms with Crippen molar-refractivity contribution in [2.24, 2.45) is 11.8 Å². The van der Waals surface area contributed by atoms with E-state index in [2.05, 4.69) is 25.7 Å². The maximum Gasteiger partial charge on any atom is 0.0593 e. The van der Waals surface area contributed by atoms with E-state index in [4.69, 9.17) is 4.74 Å². The molecule has 78 valence electrons. The summed E-state index contributed by atoms with van der Waals surface area (Å²) in [5, 5.41) is 0. The lowest BCUT2D eigenvalue weighted by molar-refractivity contribution is 0.119. The molecule has 0 N–H and O–H groups in total. The number of hydrogen-bond acceptors (Lipinski definition) is 2. The highest BCUT2D eigenvalue weighted by molar-refractivity contribution is 4.77. The van der Waals surface area contributed by atoms with Gasteiger partial charge in [-0.05, 0) is 31.7 Å². The third-order valence-corrected chi connectivity index (χ3v) is 3.01. The topological polar surface area (TPSA) is 12.5 Å². The van der Waals surface area contributed by atoms with Gasteiger partial charge in [0.1, 0.15) is 0 Å². The molecule has 0 amide bonds. The number of ether oxygens (including phenoxy) is 1. The van der Waals surface area contributed by atoms with Crippen LogP contribution in [-0.2, 0) is 4.74 Å². The molecule has 0 saturated carbocycles. The molecule has 1 heterocycles. The van der Waals surface area contributed by atoms with Gasteiger partial charge < -0.3 is 9.64 Å². The van der Waals surface area contributed by atoms with Crippen molar-refractivity contribution in [2.45, 2.75) is 27.2 Å². The van der Waals surface area contributed by atoms with E-state index in [1.807, 2.05) is 0 Å². The minimum absolute atomic E-state index is 0.845. The molecule has 1 atom stereocenters. The predicted octanol–water partition coefficient (Wildman–Crippen LogP) is 2.00. The van der Waals surface area contributed by atoms with Crippen molar-refractivity contribution in [3.63, 3.8) is 0 Å². The number of hydrogen-bond donors (Lipinski definition) is 0. The summed E-state index contributed by atoms with van der Waals surface area (Å²) in [6.07, 6.45) is 1.38. The predicted molar refractivity (Wildman–Crippen MR) is 55.9 cm³/mol. The normalized spacial score (nSPS) is 24.5. The molecule has 2 nitrogen and oxygen atoms in total. The lowest BCUT2D eigenvalue weighted by Gasteiger charge is -2.17. The zero-order valence-corrected chi connectivity index (χ0v) is 9.25. The average molecular weight is 185 g/mol. The maximum absolute atomic E-state index is 5.35. The second-order valence-electron chi connectivity index (χ2n) is 4.29. The zero-order chi connectivity index (χ0) is 9.68. The smallest absolute Gasteiger partial charge is 0.0593 e. The molecule has 0 aromatic rings. The molecule has 1 fully saturated rings. The molecular weight excluding hydrogens is 162 g/mol. The minimum Gasteiger partial charge on any atom is -0.380 e. The number of likely N-dealkylation sites (tertiary alicyclic amines) is 1. The fourth-order valence-electron chi connectivity index (χ4n) is 1.95. The van der Waals surface area contributed by atoms with Crippen molar-refractivity contribution in [3.8, 4) is 0 Å². The third-order valence-electron chi connectivity index (χ3n) is 3.01. The Hall–Kier alpha value is -0.0800. The van der Waals surface area contributed by atoms with Crippen LogP contribution in [0.5, 0.6) is 0 Å². The van der Waals surface area contributed by atoms with Crippen LogP contribution in [-0.4, -0.2) is 37.7 Å². The highest BCUT2D eigenvalue weighted by atomic mass is 16.5. The maximum atomic E-state index is 5.35. The number of rotatable bonds is 5. The fraction of sp³-hybridized carbons (Fsp3) is 1.00. The van der Waals surface area contributed by atoms with E-state index < -0.39 is 0 Å². The molecule has 1 aliphatic rings. The molecule has 0 aromatic heterocycles. The van der Waals surface area contributed by atoms with Gasteiger partial charge in [0.05, 0.1) is 6.61 Å². The van der Waals surface area contributed by atoms with Crippen LogP contribution in [0, 0.1) is 11.8 Å². The van der Waals surface area contributed by atoms with Crippen LogP contribution in [0.3, 0.4) is 0 Å². The Labute approximate surface area is 82.3 Å². The van der Waals surface area contributed by atoms with Crippen LogP contribution >= 0.6 is 0 Å². The Morgan fingerprint density at radius 2 is 2.23 bits per heavy atom. The minimum atomic E-state index is 0.845. The molecule has 2 heteroatoms. The van der Waals surface area contributed by atoms with E-state index in [0.717, 1.165) is 31.6 Å². The van der Waals surface area contributed by atoms with Gasteiger partial charge in [0.25, 0.3) is 0 Å². The zero-order valence-electron chi connectivity index (χ0n) is 9.25. The quantitative estimate of drug-likeness (QED) is 0.607. The Morgan fingerprint density at radius 1 is 1.46 bits per heavy atom. The van der Waals surface area contributed by atoms with E-state index in [9.17, 15) is 0 Å². The van der Waals surface area contributed by atoms with Crippen LogP contribution < -0.4 is 0 Å². The van der Waals surface area contributed by atoms with Crippen molar-refractivity contribution < 1.29 is 4.74 Å². The molecule has 0 aromatic carbocycles. The Kier molecular flexibility index (Phi) is 4.74. The van der Waals surface area contributed by atoms with Crippen LogP contribution in [0.15, 0.2) is 0 Å². The van der Waals surface area contributed by atoms with Crippen molar-refractivity contribution in [1.82, 2.24) is 4.90 Å². The van der Waals surface area contributed by atoms with Gasteiger partial charge >= 0.3 is 0 Å². The van der Waals surface area contributed by atoms with Crippen LogP contribution in [0.4, 0.5) is 0 Å². The van der Waals surface area contributed by atoms with E-state index in [1.165, 1.54) is 19.5 Å². The lowest BCUT2D eigenvalue weighted by Crippen LogP contribution is -2.26. The van der Waals surface area contributed by atoms with Crippen LogP contribution in [0.2, 0.25) is 0 Å². The molecule has 1 saturated heterocycles. The van der Waals surface area contributed by atoms with Crippen LogP contribution in [0.25, 0.3) is 0 Å². The first-order valence-electron chi connectivity index (χ1n) is 5.54. The molecule has 0 aliphatic carbocycles. The van der Waals surface area contributed by atoms with Gasteiger partial charge in [-0.3, -0.25) is 0 Å². The van der Waals surface area contributed by atoms with E-state index in [1.54, 1.807) is 0 Å². The van der Waals surface area contributed by atoms with Crippen molar-refractivity contribution in [3.05, 3.63) is 0 Å². The van der Waals surface area contributed by atoms with Gasteiger partial charge in [0.15, 0.2) is 0 Å². The standard InChI is InChI=1S/C11H23NO/c1-4-13-8-7-12-6-5-11(9-12)10(2)3/h10-11H,4-9H2,1-3H3. The largest absolute Gasteiger partial charge is 0.380 e.